The fourth-order valence-corrected chi connectivity index (χ4v) is 1.93. The van der Waals surface area contributed by atoms with E-state index in [0.717, 1.165) is 25.7 Å². The molecule has 5 heteroatoms. The van der Waals surface area contributed by atoms with Crippen LogP contribution in [0.2, 0.25) is 0 Å². The zero-order chi connectivity index (χ0) is 14.4. The average molecular weight is 267 g/mol. The van der Waals surface area contributed by atoms with Gasteiger partial charge in [0, 0.05) is 6.04 Å². The van der Waals surface area contributed by atoms with Crippen LogP contribution in [0.3, 0.4) is 0 Å². The number of rotatable bonds is 7. The average Bonchev–Trinajstić information content (AvgIpc) is 2.22. The van der Waals surface area contributed by atoms with Gasteiger partial charge >= 0.3 is 6.18 Å². The van der Waals surface area contributed by atoms with Gasteiger partial charge in [-0.05, 0) is 25.2 Å². The second-order valence-corrected chi connectivity index (χ2v) is 5.19. The normalized spacial score (nSPS) is 17.1. The van der Waals surface area contributed by atoms with Crippen LogP contribution in [0.5, 0.6) is 0 Å². The van der Waals surface area contributed by atoms with Gasteiger partial charge in [0.25, 0.3) is 0 Å². The maximum absolute atomic E-state index is 12.1. The van der Waals surface area contributed by atoms with Crippen molar-refractivity contribution < 1.29 is 18.0 Å². The quantitative estimate of drug-likeness (QED) is 0.740. The molecule has 0 aliphatic heterocycles. The Morgan fingerprint density at radius 3 is 2.22 bits per heavy atom. The molecule has 0 aromatic carbocycles. The van der Waals surface area contributed by atoms with Gasteiger partial charge in [0.15, 0.2) is 0 Å². The molecule has 0 spiro atoms. The van der Waals surface area contributed by atoms with E-state index >= 15 is 0 Å². The Bertz CT molecular complexity index is 265. The lowest BCUT2D eigenvalue weighted by atomic mass is 9.76. The van der Waals surface area contributed by atoms with Gasteiger partial charge < -0.3 is 5.32 Å². The van der Waals surface area contributed by atoms with Crippen LogP contribution in [0, 0.1) is 5.41 Å². The van der Waals surface area contributed by atoms with Crippen molar-refractivity contribution >= 4 is 5.91 Å². The number of carbonyl (C=O) groups excluding carboxylic acids is 1. The number of nitrogens with one attached hydrogen (secondary N) is 1. The molecule has 0 heterocycles. The highest BCUT2D eigenvalue weighted by molar-refractivity contribution is 5.76. The highest BCUT2D eigenvalue weighted by Gasteiger charge is 2.34. The summed E-state index contributed by atoms with van der Waals surface area (Å²) in [5, 5.41) is 2.48. The number of carbonyl (C=O) groups is 1. The predicted molar refractivity (Wildman–Crippen MR) is 66.2 cm³/mol. The van der Waals surface area contributed by atoms with Gasteiger partial charge in [0.1, 0.15) is 6.42 Å². The van der Waals surface area contributed by atoms with Crippen molar-refractivity contribution in [3.8, 4) is 0 Å². The molecule has 0 fully saturated rings. The largest absolute Gasteiger partial charge is 0.397 e. The van der Waals surface area contributed by atoms with Gasteiger partial charge in [-0.1, -0.05) is 33.6 Å². The minimum atomic E-state index is -4.43. The van der Waals surface area contributed by atoms with E-state index in [1.54, 1.807) is 6.92 Å². The molecule has 0 saturated heterocycles. The fourth-order valence-electron chi connectivity index (χ4n) is 1.93. The van der Waals surface area contributed by atoms with Crippen molar-refractivity contribution in [2.45, 2.75) is 72.0 Å². The Morgan fingerprint density at radius 1 is 1.28 bits per heavy atom. The summed E-state index contributed by atoms with van der Waals surface area (Å²) in [6.07, 6.45) is -2.03. The van der Waals surface area contributed by atoms with E-state index in [4.69, 9.17) is 0 Å². The monoisotopic (exact) mass is 267 g/mol. The molecule has 18 heavy (non-hydrogen) atoms. The third-order valence-corrected chi connectivity index (χ3v) is 3.69. The zero-order valence-electron chi connectivity index (χ0n) is 11.7. The van der Waals surface area contributed by atoms with Gasteiger partial charge in [0.05, 0.1) is 0 Å². The van der Waals surface area contributed by atoms with Crippen LogP contribution in [0.25, 0.3) is 0 Å². The minimum absolute atomic E-state index is 0.142. The lowest BCUT2D eigenvalue weighted by Crippen LogP contribution is -2.45. The third kappa shape index (κ3) is 6.26. The molecule has 1 N–H and O–H groups in total. The number of unbranched alkanes of at least 4 members (excludes halogenated alkanes) is 1. The van der Waals surface area contributed by atoms with E-state index < -0.39 is 18.5 Å². The lowest BCUT2D eigenvalue weighted by molar-refractivity contribution is -0.154. The molecule has 0 bridgehead atoms. The number of hydrogen-bond donors (Lipinski definition) is 1. The molecule has 2 atom stereocenters. The van der Waals surface area contributed by atoms with Gasteiger partial charge in [-0.2, -0.15) is 13.2 Å². The van der Waals surface area contributed by atoms with Gasteiger partial charge in [0.2, 0.25) is 5.91 Å². The van der Waals surface area contributed by atoms with Crippen molar-refractivity contribution in [2.75, 3.05) is 0 Å². The van der Waals surface area contributed by atoms with E-state index in [-0.39, 0.29) is 11.5 Å². The van der Waals surface area contributed by atoms with Crippen LogP contribution in [0.4, 0.5) is 13.2 Å². The summed E-state index contributed by atoms with van der Waals surface area (Å²) in [4.78, 5) is 11.3. The summed E-state index contributed by atoms with van der Waals surface area (Å²) in [6.45, 7) is 7.87. The van der Waals surface area contributed by atoms with Crippen LogP contribution >= 0.6 is 0 Å². The molecular weight excluding hydrogens is 243 g/mol. The maximum Gasteiger partial charge on any atom is 0.397 e. The SMILES string of the molecule is CCCCC(C)(CC)C(C)NC(=O)CC(F)(F)F. The Labute approximate surface area is 107 Å². The molecule has 0 radical (unpaired) electrons. The highest BCUT2D eigenvalue weighted by Crippen LogP contribution is 2.32. The number of halogens is 3. The number of amides is 1. The van der Waals surface area contributed by atoms with E-state index in [0.29, 0.717) is 0 Å². The summed E-state index contributed by atoms with van der Waals surface area (Å²) >= 11 is 0. The van der Waals surface area contributed by atoms with Crippen LogP contribution in [0.1, 0.15) is 59.8 Å². The first-order valence-electron chi connectivity index (χ1n) is 6.50. The maximum atomic E-state index is 12.1. The van der Waals surface area contributed by atoms with Crippen LogP contribution < -0.4 is 5.32 Å². The second kappa shape index (κ2) is 7.00. The first-order valence-corrected chi connectivity index (χ1v) is 6.50. The Hall–Kier alpha value is -0.740. The zero-order valence-corrected chi connectivity index (χ0v) is 11.7. The standard InChI is InChI=1S/C13H24F3NO/c1-5-7-8-12(4,6-2)10(3)17-11(18)9-13(14,15)16/h10H,5-9H2,1-4H3,(H,17,18). The van der Waals surface area contributed by atoms with E-state index in [2.05, 4.69) is 12.2 Å². The molecule has 0 aliphatic rings. The van der Waals surface area contributed by atoms with Gasteiger partial charge in [-0.25, -0.2) is 0 Å². The van der Waals surface area contributed by atoms with E-state index in [1.165, 1.54) is 0 Å². The lowest BCUT2D eigenvalue weighted by Gasteiger charge is -2.35. The Balaban J connectivity index is 4.43. The van der Waals surface area contributed by atoms with E-state index in [1.807, 2.05) is 13.8 Å². The van der Waals surface area contributed by atoms with Crippen molar-refractivity contribution in [1.82, 2.24) is 5.32 Å². The molecule has 2 unspecified atom stereocenters. The molecule has 0 rings (SSSR count). The Kier molecular flexibility index (Phi) is 6.71. The molecule has 0 saturated carbocycles. The molecule has 1 amide bonds. The van der Waals surface area contributed by atoms with Crippen molar-refractivity contribution in [2.24, 2.45) is 5.41 Å². The summed E-state index contributed by atoms with van der Waals surface area (Å²) in [7, 11) is 0. The number of alkyl halides is 3. The summed E-state index contributed by atoms with van der Waals surface area (Å²) < 4.78 is 36.2. The second-order valence-electron chi connectivity index (χ2n) is 5.19. The predicted octanol–water partition coefficient (Wildman–Crippen LogP) is 4.05. The molecular formula is C13H24F3NO. The van der Waals surface area contributed by atoms with E-state index in [9.17, 15) is 18.0 Å². The van der Waals surface area contributed by atoms with Crippen LogP contribution in [-0.2, 0) is 4.79 Å². The molecule has 0 aliphatic carbocycles. The topological polar surface area (TPSA) is 29.1 Å². The number of hydrogen-bond acceptors (Lipinski definition) is 1. The highest BCUT2D eigenvalue weighted by atomic mass is 19.4. The van der Waals surface area contributed by atoms with Gasteiger partial charge in [-0.3, -0.25) is 4.79 Å². The first kappa shape index (κ1) is 17.3. The molecule has 0 aromatic rings. The van der Waals surface area contributed by atoms with Crippen LogP contribution in [0.15, 0.2) is 0 Å². The minimum Gasteiger partial charge on any atom is -0.353 e. The summed E-state index contributed by atoms with van der Waals surface area (Å²) in [5.74, 6) is -0.939. The van der Waals surface area contributed by atoms with Crippen molar-refractivity contribution in [1.29, 1.82) is 0 Å². The molecule has 2 nitrogen and oxygen atoms in total. The third-order valence-electron chi connectivity index (χ3n) is 3.69. The van der Waals surface area contributed by atoms with Gasteiger partial charge in [-0.15, -0.1) is 0 Å². The van der Waals surface area contributed by atoms with Crippen molar-refractivity contribution in [3.63, 3.8) is 0 Å². The summed E-state index contributed by atoms with van der Waals surface area (Å²) in [6, 6.07) is -0.246. The molecule has 108 valence electrons. The van der Waals surface area contributed by atoms with Crippen molar-refractivity contribution in [3.05, 3.63) is 0 Å². The van der Waals surface area contributed by atoms with Crippen LogP contribution in [-0.4, -0.2) is 18.1 Å². The molecule has 0 aromatic heterocycles. The fraction of sp³-hybridized carbons (Fsp3) is 0.923. The first-order chi connectivity index (χ1) is 8.14. The Morgan fingerprint density at radius 2 is 1.83 bits per heavy atom. The smallest absolute Gasteiger partial charge is 0.353 e. The summed E-state index contributed by atoms with van der Waals surface area (Å²) in [5.41, 5.74) is -0.142.